The second kappa shape index (κ2) is 4.90. The second-order valence-corrected chi connectivity index (χ2v) is 3.16. The molecule has 81 valence electrons. The van der Waals surface area contributed by atoms with Crippen LogP contribution in [0.3, 0.4) is 0 Å². The number of aromatic nitrogens is 1. The van der Waals surface area contributed by atoms with Crippen LogP contribution in [-0.2, 0) is 0 Å². The van der Waals surface area contributed by atoms with E-state index in [0.29, 0.717) is 5.56 Å². The Kier molecular flexibility index (Phi) is 3.13. The number of ether oxygens (including phenoxy) is 1. The van der Waals surface area contributed by atoms with Crippen molar-refractivity contribution in [1.82, 2.24) is 4.98 Å². The van der Waals surface area contributed by atoms with Gasteiger partial charge in [-0.25, -0.2) is 9.78 Å². The summed E-state index contributed by atoms with van der Waals surface area (Å²) < 4.78 is 5.02. The van der Waals surface area contributed by atoms with Gasteiger partial charge in [0.1, 0.15) is 11.6 Å². The van der Waals surface area contributed by atoms with Gasteiger partial charge in [-0.05, 0) is 24.3 Å². The zero-order valence-corrected chi connectivity index (χ0v) is 8.75. The molecule has 4 heteroatoms. The van der Waals surface area contributed by atoms with Crippen molar-refractivity contribution in [2.24, 2.45) is 0 Å². The van der Waals surface area contributed by atoms with E-state index in [2.05, 4.69) is 11.2 Å². The molecular formula is C13H7N2O2. The number of esters is 1. The highest BCUT2D eigenvalue weighted by molar-refractivity contribution is 5.90. The van der Waals surface area contributed by atoms with Crippen molar-refractivity contribution >= 4 is 5.97 Å². The Morgan fingerprint density at radius 2 is 2.06 bits per heavy atom. The monoisotopic (exact) mass is 223 g/mol. The molecule has 0 aliphatic rings. The summed E-state index contributed by atoms with van der Waals surface area (Å²) in [5.41, 5.74) is 0.607. The van der Waals surface area contributed by atoms with Gasteiger partial charge in [0.05, 0.1) is 11.8 Å². The molecule has 0 fully saturated rings. The van der Waals surface area contributed by atoms with Crippen LogP contribution in [0.4, 0.5) is 0 Å². The molecule has 17 heavy (non-hydrogen) atoms. The van der Waals surface area contributed by atoms with Crippen molar-refractivity contribution in [1.29, 1.82) is 5.26 Å². The first-order chi connectivity index (χ1) is 8.31. The maximum absolute atomic E-state index is 11.7. The summed E-state index contributed by atoms with van der Waals surface area (Å²) in [4.78, 5) is 15.4. The van der Waals surface area contributed by atoms with E-state index in [1.807, 2.05) is 6.07 Å². The van der Waals surface area contributed by atoms with Gasteiger partial charge in [-0.1, -0.05) is 18.2 Å². The van der Waals surface area contributed by atoms with Crippen LogP contribution in [0.5, 0.6) is 5.88 Å². The number of benzene rings is 1. The van der Waals surface area contributed by atoms with Crippen LogP contribution in [0, 0.1) is 17.5 Å². The molecule has 1 heterocycles. The first kappa shape index (κ1) is 10.8. The lowest BCUT2D eigenvalue weighted by Gasteiger charge is -2.03. The molecule has 0 atom stereocenters. The van der Waals surface area contributed by atoms with Crippen molar-refractivity contribution < 1.29 is 9.53 Å². The van der Waals surface area contributed by atoms with Crippen LogP contribution in [0.15, 0.2) is 42.5 Å². The average molecular weight is 223 g/mol. The van der Waals surface area contributed by atoms with Gasteiger partial charge in [-0.15, -0.1) is 0 Å². The van der Waals surface area contributed by atoms with Gasteiger partial charge in [0.15, 0.2) is 0 Å². The van der Waals surface area contributed by atoms with Crippen molar-refractivity contribution in [2.75, 3.05) is 0 Å². The summed E-state index contributed by atoms with van der Waals surface area (Å²) in [6, 6.07) is 13.4. The standard InChI is InChI=1S/C13H7N2O2/c14-9-11-7-4-8-15-12(11)17-13(16)10-5-2-1-3-6-10/h1-7H. The molecular weight excluding hydrogens is 216 g/mol. The fourth-order valence-electron chi connectivity index (χ4n) is 1.23. The van der Waals surface area contributed by atoms with Crippen LogP contribution in [0.25, 0.3) is 0 Å². The van der Waals surface area contributed by atoms with Gasteiger partial charge in [0.25, 0.3) is 0 Å². The number of nitriles is 1. The molecule has 1 radical (unpaired) electrons. The molecule has 1 aromatic carbocycles. The molecule has 0 saturated heterocycles. The zero-order valence-electron chi connectivity index (χ0n) is 8.75. The normalized spacial score (nSPS) is 9.35. The fourth-order valence-corrected chi connectivity index (χ4v) is 1.23. The van der Waals surface area contributed by atoms with Crippen LogP contribution in [-0.4, -0.2) is 11.0 Å². The number of hydrogen-bond acceptors (Lipinski definition) is 4. The van der Waals surface area contributed by atoms with Crippen LogP contribution in [0.1, 0.15) is 15.9 Å². The third kappa shape index (κ3) is 2.47. The lowest BCUT2D eigenvalue weighted by atomic mass is 10.2. The Morgan fingerprint density at radius 1 is 1.29 bits per heavy atom. The second-order valence-electron chi connectivity index (χ2n) is 3.16. The smallest absolute Gasteiger partial charge is 0.344 e. The third-order valence-corrected chi connectivity index (χ3v) is 2.04. The van der Waals surface area contributed by atoms with Gasteiger partial charge in [-0.3, -0.25) is 0 Å². The molecule has 0 aliphatic heterocycles. The van der Waals surface area contributed by atoms with E-state index in [9.17, 15) is 4.79 Å². The Balaban J connectivity index is 2.23. The fraction of sp³-hybridized carbons (Fsp3) is 0. The molecule has 0 bridgehead atoms. The predicted octanol–water partition coefficient (Wildman–Crippen LogP) is 1.97. The minimum Gasteiger partial charge on any atom is -0.402 e. The minimum atomic E-state index is -0.547. The van der Waals surface area contributed by atoms with E-state index in [1.54, 1.807) is 30.3 Å². The van der Waals surface area contributed by atoms with Gasteiger partial charge in [0.2, 0.25) is 5.88 Å². The first-order valence-electron chi connectivity index (χ1n) is 4.85. The lowest BCUT2D eigenvalue weighted by molar-refractivity contribution is 0.0727. The van der Waals surface area contributed by atoms with E-state index in [4.69, 9.17) is 10.00 Å². The van der Waals surface area contributed by atoms with Gasteiger partial charge in [-0.2, -0.15) is 5.26 Å². The maximum atomic E-state index is 11.7. The Morgan fingerprint density at radius 3 is 2.76 bits per heavy atom. The molecule has 0 amide bonds. The zero-order chi connectivity index (χ0) is 12.1. The molecule has 1 aromatic heterocycles. The molecule has 0 saturated carbocycles. The summed E-state index contributed by atoms with van der Waals surface area (Å²) >= 11 is 0. The number of hydrogen-bond donors (Lipinski definition) is 0. The largest absolute Gasteiger partial charge is 0.402 e. The summed E-state index contributed by atoms with van der Waals surface area (Å²) in [7, 11) is 0. The van der Waals surface area contributed by atoms with E-state index >= 15 is 0 Å². The Labute approximate surface area is 98.1 Å². The van der Waals surface area contributed by atoms with Crippen molar-refractivity contribution in [3.63, 3.8) is 0 Å². The molecule has 2 rings (SSSR count). The molecule has 0 N–H and O–H groups in total. The molecule has 2 aromatic rings. The van der Waals surface area contributed by atoms with E-state index in [-0.39, 0.29) is 11.4 Å². The van der Waals surface area contributed by atoms with E-state index < -0.39 is 5.97 Å². The summed E-state index contributed by atoms with van der Waals surface area (Å²) in [6.45, 7) is 0. The molecule has 0 unspecified atom stereocenters. The molecule has 0 spiro atoms. The third-order valence-electron chi connectivity index (χ3n) is 2.04. The lowest BCUT2D eigenvalue weighted by Crippen LogP contribution is -2.10. The quantitative estimate of drug-likeness (QED) is 0.730. The topological polar surface area (TPSA) is 63.0 Å². The highest BCUT2D eigenvalue weighted by atomic mass is 16.5. The number of nitrogens with zero attached hydrogens (tertiary/aromatic N) is 2. The van der Waals surface area contributed by atoms with Crippen LogP contribution in [0.2, 0.25) is 0 Å². The van der Waals surface area contributed by atoms with Crippen molar-refractivity contribution in [2.45, 2.75) is 0 Å². The molecule has 0 aliphatic carbocycles. The maximum Gasteiger partial charge on any atom is 0.344 e. The number of rotatable bonds is 2. The number of pyridine rings is 1. The van der Waals surface area contributed by atoms with Gasteiger partial charge < -0.3 is 4.74 Å². The highest BCUT2D eigenvalue weighted by Crippen LogP contribution is 2.14. The van der Waals surface area contributed by atoms with Crippen LogP contribution >= 0.6 is 0 Å². The van der Waals surface area contributed by atoms with Gasteiger partial charge >= 0.3 is 5.97 Å². The van der Waals surface area contributed by atoms with Crippen molar-refractivity contribution in [3.05, 3.63) is 59.8 Å². The molecule has 4 nitrogen and oxygen atoms in total. The average Bonchev–Trinajstić information content (AvgIpc) is 2.40. The summed E-state index contributed by atoms with van der Waals surface area (Å²) in [5.74, 6) is -0.571. The highest BCUT2D eigenvalue weighted by Gasteiger charge is 2.11. The number of carbonyl (C=O) groups excluding carboxylic acids is 1. The summed E-state index contributed by atoms with van der Waals surface area (Å²) in [6.07, 6.45) is 2.51. The Hall–Kier alpha value is -2.67. The summed E-state index contributed by atoms with van der Waals surface area (Å²) in [5, 5.41) is 8.81. The van der Waals surface area contributed by atoms with E-state index in [1.165, 1.54) is 12.1 Å². The van der Waals surface area contributed by atoms with E-state index in [0.717, 1.165) is 0 Å². The SMILES string of the molecule is N#Cc1cc[c]nc1OC(=O)c1ccccc1. The minimum absolute atomic E-state index is 0.0242. The first-order valence-corrected chi connectivity index (χ1v) is 4.85. The van der Waals surface area contributed by atoms with Crippen molar-refractivity contribution in [3.8, 4) is 11.9 Å². The predicted molar refractivity (Wildman–Crippen MR) is 59.2 cm³/mol. The Bertz CT molecular complexity index is 573. The number of carbonyl (C=O) groups is 1. The van der Waals surface area contributed by atoms with Gasteiger partial charge in [0, 0.05) is 0 Å². The van der Waals surface area contributed by atoms with Crippen LogP contribution < -0.4 is 4.74 Å².